The van der Waals surface area contributed by atoms with Gasteiger partial charge in [0, 0.05) is 0 Å². The highest BCUT2D eigenvalue weighted by Crippen LogP contribution is 2.45. The zero-order valence-electron chi connectivity index (χ0n) is 11.7. The van der Waals surface area contributed by atoms with Gasteiger partial charge < -0.3 is 9.84 Å². The molecule has 1 aliphatic carbocycles. The van der Waals surface area contributed by atoms with Gasteiger partial charge in [0.2, 0.25) is 0 Å². The Bertz CT molecular complexity index is 601. The third-order valence-electron chi connectivity index (χ3n) is 4.10. The van der Waals surface area contributed by atoms with E-state index in [4.69, 9.17) is 4.74 Å². The maximum absolute atomic E-state index is 12.5. The Morgan fingerprint density at radius 2 is 1.62 bits per heavy atom. The molecule has 3 rings (SSSR count). The smallest absolute Gasteiger partial charge is 0.317 e. The van der Waals surface area contributed by atoms with Crippen molar-refractivity contribution in [2.45, 2.75) is 31.0 Å². The van der Waals surface area contributed by atoms with Crippen LogP contribution in [0.25, 0.3) is 0 Å². The maximum Gasteiger partial charge on any atom is 0.317 e. The molecule has 0 heterocycles. The van der Waals surface area contributed by atoms with Crippen LogP contribution in [0.2, 0.25) is 0 Å². The minimum absolute atomic E-state index is 0.247. The number of ether oxygens (including phenoxy) is 1. The van der Waals surface area contributed by atoms with Crippen LogP contribution in [0, 0.1) is 0 Å². The predicted molar refractivity (Wildman–Crippen MR) is 79.6 cm³/mol. The van der Waals surface area contributed by atoms with Crippen LogP contribution in [0.1, 0.15) is 24.0 Å². The highest BCUT2D eigenvalue weighted by molar-refractivity contribution is 5.84. The molecule has 0 amide bonds. The van der Waals surface area contributed by atoms with Gasteiger partial charge in [0.1, 0.15) is 6.61 Å². The van der Waals surface area contributed by atoms with Gasteiger partial charge in [0.15, 0.2) is 0 Å². The van der Waals surface area contributed by atoms with E-state index in [0.717, 1.165) is 11.1 Å². The van der Waals surface area contributed by atoms with Crippen molar-refractivity contribution in [3.63, 3.8) is 0 Å². The standard InChI is InChI=1S/C18H18O3/c19-16-11-18(12-16,15-9-5-2-6-10-15)17(20)21-13-14-7-3-1-4-8-14/h1-10,16,19H,11-13H2. The van der Waals surface area contributed by atoms with E-state index in [9.17, 15) is 9.90 Å². The molecule has 0 bridgehead atoms. The topological polar surface area (TPSA) is 46.5 Å². The summed E-state index contributed by atoms with van der Waals surface area (Å²) in [5, 5.41) is 9.67. The molecule has 3 nitrogen and oxygen atoms in total. The molecule has 21 heavy (non-hydrogen) atoms. The highest BCUT2D eigenvalue weighted by atomic mass is 16.5. The van der Waals surface area contributed by atoms with E-state index in [1.54, 1.807) is 0 Å². The normalized spacial score (nSPS) is 24.1. The fraction of sp³-hybridized carbons (Fsp3) is 0.278. The van der Waals surface area contributed by atoms with E-state index in [1.165, 1.54) is 0 Å². The van der Waals surface area contributed by atoms with Crippen LogP contribution in [0.3, 0.4) is 0 Å². The summed E-state index contributed by atoms with van der Waals surface area (Å²) in [5.41, 5.74) is 1.21. The SMILES string of the molecule is O=C(OCc1ccccc1)C1(c2ccccc2)CC(O)C1. The molecule has 1 N–H and O–H groups in total. The Balaban J connectivity index is 1.74. The summed E-state index contributed by atoms with van der Waals surface area (Å²) in [6.07, 6.45) is 0.449. The van der Waals surface area contributed by atoms with Crippen molar-refractivity contribution in [1.29, 1.82) is 0 Å². The first kappa shape index (κ1) is 13.8. The molecular weight excluding hydrogens is 264 g/mol. The second-order valence-electron chi connectivity index (χ2n) is 5.57. The number of benzene rings is 2. The molecule has 2 aromatic carbocycles. The van der Waals surface area contributed by atoms with Crippen LogP contribution < -0.4 is 0 Å². The first-order valence-electron chi connectivity index (χ1n) is 7.15. The Hall–Kier alpha value is -2.13. The van der Waals surface area contributed by atoms with Crippen molar-refractivity contribution in [2.75, 3.05) is 0 Å². The van der Waals surface area contributed by atoms with Gasteiger partial charge in [-0.25, -0.2) is 0 Å². The first-order chi connectivity index (χ1) is 10.2. The minimum Gasteiger partial charge on any atom is -0.460 e. The molecule has 0 aromatic heterocycles. The molecule has 1 fully saturated rings. The second kappa shape index (κ2) is 5.70. The van der Waals surface area contributed by atoms with Gasteiger partial charge in [0.05, 0.1) is 11.5 Å². The first-order valence-corrected chi connectivity index (χ1v) is 7.15. The number of aliphatic hydroxyl groups excluding tert-OH is 1. The fourth-order valence-corrected chi connectivity index (χ4v) is 2.88. The lowest BCUT2D eigenvalue weighted by Gasteiger charge is -2.43. The molecule has 0 atom stereocenters. The number of hydrogen-bond donors (Lipinski definition) is 1. The summed E-state index contributed by atoms with van der Waals surface area (Å²) in [6.45, 7) is 0.268. The molecule has 2 aromatic rings. The maximum atomic E-state index is 12.5. The van der Waals surface area contributed by atoms with Crippen molar-refractivity contribution in [3.8, 4) is 0 Å². The number of carbonyl (C=O) groups is 1. The molecular formula is C18H18O3. The van der Waals surface area contributed by atoms with E-state index in [1.807, 2.05) is 60.7 Å². The van der Waals surface area contributed by atoms with Crippen LogP contribution in [-0.4, -0.2) is 17.2 Å². The Kier molecular flexibility index (Phi) is 3.76. The fourth-order valence-electron chi connectivity index (χ4n) is 2.88. The van der Waals surface area contributed by atoms with Gasteiger partial charge in [0.25, 0.3) is 0 Å². The van der Waals surface area contributed by atoms with Gasteiger partial charge in [-0.3, -0.25) is 4.79 Å². The van der Waals surface area contributed by atoms with Crippen molar-refractivity contribution in [2.24, 2.45) is 0 Å². The van der Waals surface area contributed by atoms with E-state index < -0.39 is 11.5 Å². The summed E-state index contributed by atoms with van der Waals surface area (Å²) in [4.78, 5) is 12.5. The molecule has 108 valence electrons. The van der Waals surface area contributed by atoms with Gasteiger partial charge in [-0.2, -0.15) is 0 Å². The number of rotatable bonds is 4. The lowest BCUT2D eigenvalue weighted by atomic mass is 9.62. The van der Waals surface area contributed by atoms with Crippen LogP contribution in [0.15, 0.2) is 60.7 Å². The summed E-state index contributed by atoms with van der Waals surface area (Å²) in [7, 11) is 0. The third kappa shape index (κ3) is 2.69. The number of hydrogen-bond acceptors (Lipinski definition) is 3. The van der Waals surface area contributed by atoms with Crippen molar-refractivity contribution < 1.29 is 14.6 Å². The van der Waals surface area contributed by atoms with Crippen molar-refractivity contribution in [1.82, 2.24) is 0 Å². The second-order valence-corrected chi connectivity index (χ2v) is 5.57. The van der Waals surface area contributed by atoms with Gasteiger partial charge >= 0.3 is 5.97 Å². The van der Waals surface area contributed by atoms with Gasteiger partial charge in [-0.1, -0.05) is 60.7 Å². The van der Waals surface area contributed by atoms with Crippen LogP contribution in [0.4, 0.5) is 0 Å². The Morgan fingerprint density at radius 3 is 2.19 bits per heavy atom. The van der Waals surface area contributed by atoms with E-state index >= 15 is 0 Å². The summed E-state index contributed by atoms with van der Waals surface area (Å²) < 4.78 is 5.49. The zero-order chi connectivity index (χ0) is 14.7. The molecule has 1 saturated carbocycles. The average molecular weight is 282 g/mol. The Morgan fingerprint density at radius 1 is 1.05 bits per heavy atom. The minimum atomic E-state index is -0.685. The molecule has 0 spiro atoms. The van der Waals surface area contributed by atoms with Crippen molar-refractivity contribution in [3.05, 3.63) is 71.8 Å². The van der Waals surface area contributed by atoms with Crippen molar-refractivity contribution >= 4 is 5.97 Å². The zero-order valence-corrected chi connectivity index (χ0v) is 11.7. The van der Waals surface area contributed by atoms with E-state index in [2.05, 4.69) is 0 Å². The average Bonchev–Trinajstić information content (AvgIpc) is 2.51. The number of carbonyl (C=O) groups excluding carboxylic acids is 1. The molecule has 0 aliphatic heterocycles. The summed E-state index contributed by atoms with van der Waals surface area (Å²) in [6, 6.07) is 19.2. The lowest BCUT2D eigenvalue weighted by Crippen LogP contribution is -2.51. The third-order valence-corrected chi connectivity index (χ3v) is 4.10. The van der Waals surface area contributed by atoms with Gasteiger partial charge in [-0.05, 0) is 24.0 Å². The molecule has 0 radical (unpaired) electrons. The number of aliphatic hydroxyl groups is 1. The Labute approximate surface area is 124 Å². The van der Waals surface area contributed by atoms with Crippen LogP contribution in [0.5, 0.6) is 0 Å². The van der Waals surface area contributed by atoms with Crippen LogP contribution >= 0.6 is 0 Å². The van der Waals surface area contributed by atoms with E-state index in [-0.39, 0.29) is 12.6 Å². The van der Waals surface area contributed by atoms with E-state index in [0.29, 0.717) is 12.8 Å². The molecule has 3 heteroatoms. The highest BCUT2D eigenvalue weighted by Gasteiger charge is 2.52. The molecule has 1 aliphatic rings. The molecule has 0 unspecified atom stereocenters. The van der Waals surface area contributed by atoms with Crippen LogP contribution in [-0.2, 0) is 21.6 Å². The summed E-state index contributed by atoms with van der Waals surface area (Å²) in [5.74, 6) is -0.247. The molecule has 0 saturated heterocycles. The largest absolute Gasteiger partial charge is 0.460 e. The summed E-state index contributed by atoms with van der Waals surface area (Å²) >= 11 is 0. The number of esters is 1. The predicted octanol–water partition coefficient (Wildman–Crippen LogP) is 2.82. The quantitative estimate of drug-likeness (QED) is 0.877. The van der Waals surface area contributed by atoms with Gasteiger partial charge in [-0.15, -0.1) is 0 Å². The monoisotopic (exact) mass is 282 g/mol. The lowest BCUT2D eigenvalue weighted by molar-refractivity contribution is -0.161.